The second kappa shape index (κ2) is 8.67. The quantitative estimate of drug-likeness (QED) is 0.798. The molecule has 0 aliphatic rings. The molecule has 1 rings (SSSR count). The number of carbonyl (C=O) groups is 1. The van der Waals surface area contributed by atoms with Gasteiger partial charge in [0.15, 0.2) is 0 Å². The Labute approximate surface area is 129 Å². The molecule has 1 N–H and O–H groups in total. The van der Waals surface area contributed by atoms with Crippen LogP contribution in [-0.2, 0) is 11.3 Å². The van der Waals surface area contributed by atoms with Crippen LogP contribution in [-0.4, -0.2) is 44.5 Å². The lowest BCUT2D eigenvalue weighted by Crippen LogP contribution is -2.36. The Hall–Kier alpha value is -1.55. The molecule has 21 heavy (non-hydrogen) atoms. The Morgan fingerprint density at radius 2 is 1.81 bits per heavy atom. The highest BCUT2D eigenvalue weighted by molar-refractivity contribution is 5.81. The van der Waals surface area contributed by atoms with E-state index in [9.17, 15) is 4.79 Å². The molecule has 4 nitrogen and oxygen atoms in total. The number of nitrogens with zero attached hydrogens (tertiary/aromatic N) is 2. The summed E-state index contributed by atoms with van der Waals surface area (Å²) in [6.45, 7) is 9.65. The summed E-state index contributed by atoms with van der Waals surface area (Å²) < 4.78 is 0. The number of hydrogen-bond donors (Lipinski definition) is 1. The maximum absolute atomic E-state index is 11.8. The van der Waals surface area contributed by atoms with E-state index in [0.29, 0.717) is 12.5 Å². The summed E-state index contributed by atoms with van der Waals surface area (Å²) >= 11 is 0. The molecule has 118 valence electrons. The van der Waals surface area contributed by atoms with Gasteiger partial charge in [0, 0.05) is 32.9 Å². The Morgan fingerprint density at radius 1 is 1.19 bits per heavy atom. The van der Waals surface area contributed by atoms with E-state index in [0.717, 1.165) is 25.3 Å². The highest BCUT2D eigenvalue weighted by Gasteiger charge is 2.11. The van der Waals surface area contributed by atoms with E-state index >= 15 is 0 Å². The zero-order chi connectivity index (χ0) is 15.8. The SMILES string of the molecule is CCN(CC(=O)N(C)C)c1ccc(CNCC(C)C)cc1. The van der Waals surface area contributed by atoms with Crippen LogP contribution >= 0.6 is 0 Å². The van der Waals surface area contributed by atoms with Crippen molar-refractivity contribution < 1.29 is 4.79 Å². The summed E-state index contributed by atoms with van der Waals surface area (Å²) in [6, 6.07) is 8.45. The summed E-state index contributed by atoms with van der Waals surface area (Å²) in [4.78, 5) is 15.6. The van der Waals surface area contributed by atoms with Crippen molar-refractivity contribution in [3.8, 4) is 0 Å². The predicted octanol–water partition coefficient (Wildman–Crippen LogP) is 2.35. The lowest BCUT2D eigenvalue weighted by Gasteiger charge is -2.24. The summed E-state index contributed by atoms with van der Waals surface area (Å²) in [5, 5.41) is 3.44. The van der Waals surface area contributed by atoms with Gasteiger partial charge in [0.2, 0.25) is 5.91 Å². The van der Waals surface area contributed by atoms with Crippen molar-refractivity contribution in [3.05, 3.63) is 29.8 Å². The summed E-state index contributed by atoms with van der Waals surface area (Å²) in [5.41, 5.74) is 2.37. The molecule has 0 saturated heterocycles. The Kier molecular flexibility index (Phi) is 7.23. The van der Waals surface area contributed by atoms with Crippen molar-refractivity contribution in [1.82, 2.24) is 10.2 Å². The molecule has 1 aromatic rings. The van der Waals surface area contributed by atoms with Gasteiger partial charge in [-0.15, -0.1) is 0 Å². The van der Waals surface area contributed by atoms with E-state index in [-0.39, 0.29) is 5.91 Å². The van der Waals surface area contributed by atoms with E-state index < -0.39 is 0 Å². The van der Waals surface area contributed by atoms with Gasteiger partial charge in [-0.05, 0) is 37.1 Å². The molecule has 0 aliphatic carbocycles. The van der Waals surface area contributed by atoms with Gasteiger partial charge in [-0.25, -0.2) is 0 Å². The lowest BCUT2D eigenvalue weighted by atomic mass is 10.1. The molecule has 0 fully saturated rings. The molecule has 0 heterocycles. The number of benzene rings is 1. The molecular weight excluding hydrogens is 262 g/mol. The van der Waals surface area contributed by atoms with Gasteiger partial charge in [-0.3, -0.25) is 4.79 Å². The van der Waals surface area contributed by atoms with Crippen molar-refractivity contribution in [2.45, 2.75) is 27.3 Å². The number of rotatable bonds is 8. The number of carbonyl (C=O) groups excluding carboxylic acids is 1. The zero-order valence-corrected chi connectivity index (χ0v) is 14.0. The fraction of sp³-hybridized carbons (Fsp3) is 0.588. The van der Waals surface area contributed by atoms with Crippen LogP contribution in [0.15, 0.2) is 24.3 Å². The standard InChI is InChI=1S/C17H29N3O/c1-6-20(13-17(21)19(4)5)16-9-7-15(8-10-16)12-18-11-14(2)3/h7-10,14,18H,6,11-13H2,1-5H3. The van der Waals surface area contributed by atoms with Gasteiger partial charge in [0.1, 0.15) is 0 Å². The van der Waals surface area contributed by atoms with Gasteiger partial charge >= 0.3 is 0 Å². The Balaban J connectivity index is 2.60. The van der Waals surface area contributed by atoms with Crippen molar-refractivity contribution in [2.24, 2.45) is 5.92 Å². The molecule has 0 aromatic heterocycles. The fourth-order valence-corrected chi connectivity index (χ4v) is 2.02. The lowest BCUT2D eigenvalue weighted by molar-refractivity contribution is -0.127. The number of amides is 1. The molecule has 1 aromatic carbocycles. The third-order valence-corrected chi connectivity index (χ3v) is 3.39. The molecule has 0 unspecified atom stereocenters. The molecule has 0 bridgehead atoms. The van der Waals surface area contributed by atoms with Crippen molar-refractivity contribution in [2.75, 3.05) is 38.6 Å². The first-order valence-electron chi connectivity index (χ1n) is 7.68. The maximum atomic E-state index is 11.8. The van der Waals surface area contributed by atoms with Crippen LogP contribution in [0.1, 0.15) is 26.3 Å². The molecule has 0 spiro atoms. The van der Waals surface area contributed by atoms with Crippen LogP contribution < -0.4 is 10.2 Å². The van der Waals surface area contributed by atoms with E-state index in [1.165, 1.54) is 5.56 Å². The first-order chi connectivity index (χ1) is 9.93. The second-order valence-corrected chi connectivity index (χ2v) is 5.99. The average Bonchev–Trinajstić information content (AvgIpc) is 2.45. The molecule has 0 atom stereocenters. The minimum Gasteiger partial charge on any atom is -0.362 e. The number of anilines is 1. The fourth-order valence-electron chi connectivity index (χ4n) is 2.02. The number of nitrogens with one attached hydrogen (secondary N) is 1. The van der Waals surface area contributed by atoms with Gasteiger partial charge in [0.05, 0.1) is 6.54 Å². The summed E-state index contributed by atoms with van der Waals surface area (Å²) in [7, 11) is 3.58. The second-order valence-electron chi connectivity index (χ2n) is 5.99. The molecule has 0 aliphatic heterocycles. The minimum atomic E-state index is 0.125. The highest BCUT2D eigenvalue weighted by atomic mass is 16.2. The van der Waals surface area contributed by atoms with Gasteiger partial charge < -0.3 is 15.1 Å². The monoisotopic (exact) mass is 291 g/mol. The first kappa shape index (κ1) is 17.5. The normalized spacial score (nSPS) is 10.8. The highest BCUT2D eigenvalue weighted by Crippen LogP contribution is 2.15. The largest absolute Gasteiger partial charge is 0.362 e. The number of likely N-dealkylation sites (N-methyl/N-ethyl adjacent to an activating group) is 2. The van der Waals surface area contributed by atoms with Crippen molar-refractivity contribution in [3.63, 3.8) is 0 Å². The van der Waals surface area contributed by atoms with Crippen LogP contribution in [0.3, 0.4) is 0 Å². The zero-order valence-electron chi connectivity index (χ0n) is 14.0. The van der Waals surface area contributed by atoms with E-state index in [4.69, 9.17) is 0 Å². The van der Waals surface area contributed by atoms with Gasteiger partial charge in [0.25, 0.3) is 0 Å². The molecular formula is C17H29N3O. The van der Waals surface area contributed by atoms with Crippen LogP contribution in [0.25, 0.3) is 0 Å². The van der Waals surface area contributed by atoms with Crippen LogP contribution in [0.4, 0.5) is 5.69 Å². The van der Waals surface area contributed by atoms with E-state index in [1.54, 1.807) is 19.0 Å². The predicted molar refractivity (Wildman–Crippen MR) is 89.6 cm³/mol. The molecule has 0 radical (unpaired) electrons. The average molecular weight is 291 g/mol. The summed E-state index contributed by atoms with van der Waals surface area (Å²) in [6.07, 6.45) is 0. The van der Waals surface area contributed by atoms with Crippen LogP contribution in [0, 0.1) is 5.92 Å². The first-order valence-corrected chi connectivity index (χ1v) is 7.68. The topological polar surface area (TPSA) is 35.6 Å². The number of hydrogen-bond acceptors (Lipinski definition) is 3. The van der Waals surface area contributed by atoms with Crippen molar-refractivity contribution in [1.29, 1.82) is 0 Å². The van der Waals surface area contributed by atoms with E-state index in [1.807, 2.05) is 0 Å². The third kappa shape index (κ3) is 6.17. The Bertz CT molecular complexity index is 426. The van der Waals surface area contributed by atoms with Crippen LogP contribution in [0.5, 0.6) is 0 Å². The molecule has 4 heteroatoms. The summed E-state index contributed by atoms with van der Waals surface area (Å²) in [5.74, 6) is 0.788. The molecule has 0 saturated carbocycles. The third-order valence-electron chi connectivity index (χ3n) is 3.39. The Morgan fingerprint density at radius 3 is 2.29 bits per heavy atom. The maximum Gasteiger partial charge on any atom is 0.241 e. The van der Waals surface area contributed by atoms with E-state index in [2.05, 4.69) is 55.3 Å². The van der Waals surface area contributed by atoms with Crippen molar-refractivity contribution >= 4 is 11.6 Å². The van der Waals surface area contributed by atoms with Gasteiger partial charge in [-0.2, -0.15) is 0 Å². The molecule has 1 amide bonds. The van der Waals surface area contributed by atoms with Crippen LogP contribution in [0.2, 0.25) is 0 Å². The minimum absolute atomic E-state index is 0.125. The smallest absolute Gasteiger partial charge is 0.241 e. The van der Waals surface area contributed by atoms with Gasteiger partial charge in [-0.1, -0.05) is 26.0 Å².